The largest absolute Gasteiger partial charge is 0.326 e. The quantitative estimate of drug-likeness (QED) is 0.835. The van der Waals surface area contributed by atoms with Gasteiger partial charge in [-0.2, -0.15) is 0 Å². The monoisotopic (exact) mass is 282 g/mol. The van der Waals surface area contributed by atoms with Gasteiger partial charge in [-0.05, 0) is 48.8 Å². The third-order valence-corrected chi connectivity index (χ3v) is 5.50. The second kappa shape index (κ2) is 5.61. The Hall–Kier alpha value is -0.910. The van der Waals surface area contributed by atoms with Crippen LogP contribution in [-0.2, 0) is 16.6 Å². The van der Waals surface area contributed by atoms with Crippen LogP contribution in [0.25, 0.3) is 0 Å². The first kappa shape index (κ1) is 14.5. The molecule has 1 aromatic carbocycles. The first-order chi connectivity index (χ1) is 8.95. The summed E-state index contributed by atoms with van der Waals surface area (Å²) in [6.07, 6.45) is 2.45. The number of nitrogens with two attached hydrogens (primary N) is 1. The van der Waals surface area contributed by atoms with Crippen LogP contribution in [0.1, 0.15) is 30.9 Å². The standard InChI is InChI=1S/C14H22N2O2S/c1-10(12-6-7-12)9-16-19(17,18)14-5-3-4-13(8-15)11(14)2/h3-5,10,12,16H,6-9,15H2,1-2H3. The van der Waals surface area contributed by atoms with E-state index in [0.717, 1.165) is 11.1 Å². The molecule has 4 nitrogen and oxygen atoms in total. The fourth-order valence-electron chi connectivity index (χ4n) is 2.32. The molecule has 1 aromatic rings. The van der Waals surface area contributed by atoms with Crippen LogP contribution in [0.4, 0.5) is 0 Å². The zero-order valence-electron chi connectivity index (χ0n) is 11.5. The van der Waals surface area contributed by atoms with E-state index in [0.29, 0.717) is 29.8 Å². The molecule has 1 aliphatic carbocycles. The van der Waals surface area contributed by atoms with E-state index in [4.69, 9.17) is 5.73 Å². The van der Waals surface area contributed by atoms with Gasteiger partial charge in [0.25, 0.3) is 0 Å². The number of hydrogen-bond acceptors (Lipinski definition) is 3. The summed E-state index contributed by atoms with van der Waals surface area (Å²) in [6, 6.07) is 5.24. The van der Waals surface area contributed by atoms with E-state index in [2.05, 4.69) is 11.6 Å². The molecule has 1 atom stereocenters. The minimum atomic E-state index is -3.43. The molecule has 1 aliphatic rings. The molecular weight excluding hydrogens is 260 g/mol. The molecule has 0 heterocycles. The van der Waals surface area contributed by atoms with E-state index >= 15 is 0 Å². The summed E-state index contributed by atoms with van der Waals surface area (Å²) in [5.41, 5.74) is 7.24. The minimum absolute atomic E-state index is 0.346. The van der Waals surface area contributed by atoms with Gasteiger partial charge < -0.3 is 5.73 Å². The topological polar surface area (TPSA) is 72.2 Å². The van der Waals surface area contributed by atoms with Gasteiger partial charge in [-0.3, -0.25) is 0 Å². The molecule has 19 heavy (non-hydrogen) atoms. The average molecular weight is 282 g/mol. The van der Waals surface area contributed by atoms with Gasteiger partial charge in [-0.1, -0.05) is 19.1 Å². The normalized spacial score (nSPS) is 17.4. The number of rotatable bonds is 6. The number of hydrogen-bond donors (Lipinski definition) is 2. The van der Waals surface area contributed by atoms with Crippen molar-refractivity contribution in [3.63, 3.8) is 0 Å². The Bertz CT molecular complexity index is 551. The zero-order valence-corrected chi connectivity index (χ0v) is 12.3. The highest BCUT2D eigenvalue weighted by atomic mass is 32.2. The summed E-state index contributed by atoms with van der Waals surface area (Å²) in [5, 5.41) is 0. The molecule has 0 aliphatic heterocycles. The fourth-order valence-corrected chi connectivity index (χ4v) is 3.75. The highest BCUT2D eigenvalue weighted by Gasteiger charge is 2.29. The van der Waals surface area contributed by atoms with Crippen molar-refractivity contribution in [1.29, 1.82) is 0 Å². The molecule has 1 saturated carbocycles. The maximum absolute atomic E-state index is 12.3. The molecule has 1 unspecified atom stereocenters. The van der Waals surface area contributed by atoms with Gasteiger partial charge in [0.1, 0.15) is 0 Å². The Morgan fingerprint density at radius 3 is 2.68 bits per heavy atom. The lowest BCUT2D eigenvalue weighted by Gasteiger charge is -2.14. The molecule has 1 fully saturated rings. The van der Waals surface area contributed by atoms with Gasteiger partial charge in [0.2, 0.25) is 10.0 Å². The van der Waals surface area contributed by atoms with Gasteiger partial charge in [-0.15, -0.1) is 0 Å². The lowest BCUT2D eigenvalue weighted by molar-refractivity contribution is 0.491. The second-order valence-electron chi connectivity index (χ2n) is 5.41. The van der Waals surface area contributed by atoms with Crippen molar-refractivity contribution < 1.29 is 8.42 Å². The first-order valence-corrected chi connectivity index (χ1v) is 8.22. The van der Waals surface area contributed by atoms with Gasteiger partial charge >= 0.3 is 0 Å². The molecule has 2 rings (SSSR count). The van der Waals surface area contributed by atoms with E-state index in [1.54, 1.807) is 19.1 Å². The molecule has 0 spiro atoms. The van der Waals surface area contributed by atoms with Crippen molar-refractivity contribution in [2.45, 2.75) is 38.1 Å². The molecule has 0 aromatic heterocycles. The third kappa shape index (κ3) is 3.35. The van der Waals surface area contributed by atoms with Crippen LogP contribution >= 0.6 is 0 Å². The lowest BCUT2D eigenvalue weighted by atomic mass is 10.1. The van der Waals surface area contributed by atoms with Crippen LogP contribution < -0.4 is 10.5 Å². The van der Waals surface area contributed by atoms with Crippen molar-refractivity contribution in [2.24, 2.45) is 17.6 Å². The molecule has 0 saturated heterocycles. The van der Waals surface area contributed by atoms with Crippen LogP contribution in [0.5, 0.6) is 0 Å². The van der Waals surface area contributed by atoms with Crippen LogP contribution in [0, 0.1) is 18.8 Å². The molecule has 0 radical (unpaired) electrons. The van der Waals surface area contributed by atoms with Gasteiger partial charge in [0, 0.05) is 13.1 Å². The van der Waals surface area contributed by atoms with Crippen LogP contribution in [0.3, 0.4) is 0 Å². The van der Waals surface area contributed by atoms with E-state index in [1.165, 1.54) is 12.8 Å². The summed E-state index contributed by atoms with van der Waals surface area (Å²) >= 11 is 0. The van der Waals surface area contributed by atoms with E-state index in [9.17, 15) is 8.42 Å². The molecular formula is C14H22N2O2S. The Balaban J connectivity index is 2.14. The van der Waals surface area contributed by atoms with Gasteiger partial charge in [-0.25, -0.2) is 13.1 Å². The SMILES string of the molecule is Cc1c(CN)cccc1S(=O)(=O)NCC(C)C1CC1. The maximum atomic E-state index is 12.3. The Kier molecular flexibility index (Phi) is 4.28. The van der Waals surface area contributed by atoms with Crippen molar-refractivity contribution in [3.8, 4) is 0 Å². The summed E-state index contributed by atoms with van der Waals surface area (Å²) in [4.78, 5) is 0.346. The van der Waals surface area contributed by atoms with Crippen molar-refractivity contribution in [3.05, 3.63) is 29.3 Å². The predicted octanol–water partition coefficient (Wildman–Crippen LogP) is 1.78. The van der Waals surface area contributed by atoms with Crippen LogP contribution in [-0.4, -0.2) is 15.0 Å². The first-order valence-electron chi connectivity index (χ1n) is 6.74. The van der Waals surface area contributed by atoms with E-state index < -0.39 is 10.0 Å². The summed E-state index contributed by atoms with van der Waals surface area (Å²) in [6.45, 7) is 4.78. The zero-order chi connectivity index (χ0) is 14.0. The van der Waals surface area contributed by atoms with Crippen molar-refractivity contribution >= 4 is 10.0 Å². The Labute approximate surface area is 115 Å². The van der Waals surface area contributed by atoms with Gasteiger partial charge in [0.15, 0.2) is 0 Å². The minimum Gasteiger partial charge on any atom is -0.326 e. The van der Waals surface area contributed by atoms with Crippen molar-refractivity contribution in [1.82, 2.24) is 4.72 Å². The average Bonchev–Trinajstić information content (AvgIpc) is 3.20. The molecule has 0 bridgehead atoms. The fraction of sp³-hybridized carbons (Fsp3) is 0.571. The Morgan fingerprint density at radius 1 is 1.42 bits per heavy atom. The Morgan fingerprint density at radius 2 is 2.11 bits per heavy atom. The summed E-state index contributed by atoms with van der Waals surface area (Å²) < 4.78 is 27.4. The molecule has 3 N–H and O–H groups in total. The molecule has 0 amide bonds. The highest BCUT2D eigenvalue weighted by Crippen LogP contribution is 2.36. The number of sulfonamides is 1. The highest BCUT2D eigenvalue weighted by molar-refractivity contribution is 7.89. The summed E-state index contributed by atoms with van der Waals surface area (Å²) in [7, 11) is -3.43. The lowest BCUT2D eigenvalue weighted by Crippen LogP contribution is -2.29. The second-order valence-corrected chi connectivity index (χ2v) is 7.15. The van der Waals surface area contributed by atoms with Crippen LogP contribution in [0.15, 0.2) is 23.1 Å². The van der Waals surface area contributed by atoms with E-state index in [1.807, 2.05) is 6.07 Å². The third-order valence-electron chi connectivity index (χ3n) is 3.93. The van der Waals surface area contributed by atoms with Crippen LogP contribution in [0.2, 0.25) is 0 Å². The maximum Gasteiger partial charge on any atom is 0.240 e. The summed E-state index contributed by atoms with van der Waals surface area (Å²) in [5.74, 6) is 1.10. The molecule has 106 valence electrons. The number of benzene rings is 1. The van der Waals surface area contributed by atoms with Crippen molar-refractivity contribution in [2.75, 3.05) is 6.54 Å². The van der Waals surface area contributed by atoms with E-state index in [-0.39, 0.29) is 0 Å². The molecule has 5 heteroatoms. The number of nitrogens with one attached hydrogen (secondary N) is 1. The predicted molar refractivity (Wildman–Crippen MR) is 76.1 cm³/mol. The smallest absolute Gasteiger partial charge is 0.240 e. The van der Waals surface area contributed by atoms with Gasteiger partial charge in [0.05, 0.1) is 4.90 Å².